The lowest BCUT2D eigenvalue weighted by molar-refractivity contribution is 0.427. The first kappa shape index (κ1) is 10.5. The lowest BCUT2D eigenvalue weighted by Crippen LogP contribution is -2.17. The number of furan rings is 1. The highest BCUT2D eigenvalue weighted by Gasteiger charge is 2.10. The minimum Gasteiger partial charge on any atom is -0.467 e. The van der Waals surface area contributed by atoms with Gasteiger partial charge in [0.1, 0.15) is 5.76 Å². The molecule has 2 rings (SSSR count). The molecule has 0 aromatic carbocycles. The SMILES string of the molecule is Cc1ccoc1C(C)NCc1ccsc1. The fraction of sp³-hybridized carbons (Fsp3) is 0.333. The Balaban J connectivity index is 1.93. The van der Waals surface area contributed by atoms with E-state index in [1.165, 1.54) is 11.1 Å². The second-order valence-electron chi connectivity index (χ2n) is 3.70. The largest absolute Gasteiger partial charge is 0.467 e. The van der Waals surface area contributed by atoms with Gasteiger partial charge in [-0.05, 0) is 47.9 Å². The first-order valence-electron chi connectivity index (χ1n) is 5.06. The van der Waals surface area contributed by atoms with Crippen LogP contribution in [-0.4, -0.2) is 0 Å². The molecule has 0 amide bonds. The van der Waals surface area contributed by atoms with Crippen LogP contribution in [0, 0.1) is 6.92 Å². The van der Waals surface area contributed by atoms with Crippen molar-refractivity contribution in [1.29, 1.82) is 0 Å². The van der Waals surface area contributed by atoms with Crippen molar-refractivity contribution in [2.45, 2.75) is 26.4 Å². The maximum Gasteiger partial charge on any atom is 0.123 e. The number of thiophene rings is 1. The summed E-state index contributed by atoms with van der Waals surface area (Å²) in [5.74, 6) is 1.03. The smallest absolute Gasteiger partial charge is 0.123 e. The van der Waals surface area contributed by atoms with Gasteiger partial charge < -0.3 is 9.73 Å². The maximum absolute atomic E-state index is 5.44. The molecule has 0 saturated heterocycles. The van der Waals surface area contributed by atoms with E-state index in [0.29, 0.717) is 0 Å². The van der Waals surface area contributed by atoms with Crippen LogP contribution in [-0.2, 0) is 6.54 Å². The van der Waals surface area contributed by atoms with Gasteiger partial charge in [-0.15, -0.1) is 0 Å². The molecular formula is C12H15NOS. The summed E-state index contributed by atoms with van der Waals surface area (Å²) in [6, 6.07) is 4.40. The third-order valence-electron chi connectivity index (χ3n) is 2.49. The quantitative estimate of drug-likeness (QED) is 0.854. The van der Waals surface area contributed by atoms with Gasteiger partial charge in [0.05, 0.1) is 12.3 Å². The maximum atomic E-state index is 5.44. The first-order chi connectivity index (χ1) is 7.27. The third-order valence-corrected chi connectivity index (χ3v) is 3.22. The average molecular weight is 221 g/mol. The lowest BCUT2D eigenvalue weighted by Gasteiger charge is -2.11. The number of rotatable bonds is 4. The Morgan fingerprint density at radius 3 is 2.93 bits per heavy atom. The minimum absolute atomic E-state index is 0.264. The summed E-state index contributed by atoms with van der Waals surface area (Å²) < 4.78 is 5.44. The van der Waals surface area contributed by atoms with Crippen LogP contribution in [0.5, 0.6) is 0 Å². The van der Waals surface area contributed by atoms with Crippen molar-refractivity contribution in [2.24, 2.45) is 0 Å². The van der Waals surface area contributed by atoms with Gasteiger partial charge in [0.2, 0.25) is 0 Å². The molecule has 0 aliphatic carbocycles. The standard InChI is InChI=1S/C12H15NOS/c1-9-3-5-14-12(9)10(2)13-7-11-4-6-15-8-11/h3-6,8,10,13H,7H2,1-2H3. The van der Waals surface area contributed by atoms with E-state index in [1.54, 1.807) is 17.6 Å². The van der Waals surface area contributed by atoms with Crippen LogP contribution in [0.25, 0.3) is 0 Å². The van der Waals surface area contributed by atoms with Gasteiger partial charge in [0, 0.05) is 6.54 Å². The van der Waals surface area contributed by atoms with Gasteiger partial charge in [-0.25, -0.2) is 0 Å². The Labute approximate surface area is 93.9 Å². The van der Waals surface area contributed by atoms with Crippen LogP contribution in [0.3, 0.4) is 0 Å². The molecule has 2 nitrogen and oxygen atoms in total. The van der Waals surface area contributed by atoms with Crippen LogP contribution in [0.15, 0.2) is 33.6 Å². The fourth-order valence-corrected chi connectivity index (χ4v) is 2.25. The van der Waals surface area contributed by atoms with E-state index in [0.717, 1.165) is 12.3 Å². The summed E-state index contributed by atoms with van der Waals surface area (Å²) in [4.78, 5) is 0. The molecule has 2 heterocycles. The predicted octanol–water partition coefficient (Wildman–Crippen LogP) is 3.50. The van der Waals surface area contributed by atoms with Crippen LogP contribution in [0.4, 0.5) is 0 Å². The molecule has 1 N–H and O–H groups in total. The lowest BCUT2D eigenvalue weighted by atomic mass is 10.1. The van der Waals surface area contributed by atoms with Gasteiger partial charge >= 0.3 is 0 Å². The molecule has 0 bridgehead atoms. The van der Waals surface area contributed by atoms with Crippen LogP contribution in [0.2, 0.25) is 0 Å². The highest BCUT2D eigenvalue weighted by molar-refractivity contribution is 7.07. The van der Waals surface area contributed by atoms with Crippen LogP contribution < -0.4 is 5.32 Å². The van der Waals surface area contributed by atoms with Gasteiger partial charge in [-0.1, -0.05) is 0 Å². The molecule has 0 fully saturated rings. The number of hydrogen-bond donors (Lipinski definition) is 1. The summed E-state index contributed by atoms with van der Waals surface area (Å²) >= 11 is 1.73. The Kier molecular flexibility index (Phi) is 3.23. The monoisotopic (exact) mass is 221 g/mol. The molecule has 0 spiro atoms. The van der Waals surface area contributed by atoms with Crippen molar-refractivity contribution in [2.75, 3.05) is 0 Å². The topological polar surface area (TPSA) is 25.2 Å². The number of aryl methyl sites for hydroxylation is 1. The van der Waals surface area contributed by atoms with E-state index in [-0.39, 0.29) is 6.04 Å². The second kappa shape index (κ2) is 4.64. The van der Waals surface area contributed by atoms with Crippen molar-refractivity contribution >= 4 is 11.3 Å². The zero-order valence-electron chi connectivity index (χ0n) is 8.99. The van der Waals surface area contributed by atoms with Crippen LogP contribution >= 0.6 is 11.3 Å². The molecule has 3 heteroatoms. The molecule has 15 heavy (non-hydrogen) atoms. The zero-order valence-corrected chi connectivity index (χ0v) is 9.80. The zero-order chi connectivity index (χ0) is 10.7. The van der Waals surface area contributed by atoms with E-state index < -0.39 is 0 Å². The number of nitrogens with one attached hydrogen (secondary N) is 1. The summed E-state index contributed by atoms with van der Waals surface area (Å²) in [5.41, 5.74) is 2.54. The molecule has 0 saturated carbocycles. The Morgan fingerprint density at radius 2 is 2.33 bits per heavy atom. The molecule has 2 aromatic rings. The van der Waals surface area contributed by atoms with Gasteiger partial charge in [0.15, 0.2) is 0 Å². The fourth-order valence-electron chi connectivity index (χ4n) is 1.58. The van der Waals surface area contributed by atoms with Crippen molar-refractivity contribution in [3.05, 3.63) is 46.0 Å². The van der Waals surface area contributed by atoms with Crippen molar-refractivity contribution in [3.63, 3.8) is 0 Å². The van der Waals surface area contributed by atoms with Crippen molar-refractivity contribution < 1.29 is 4.42 Å². The van der Waals surface area contributed by atoms with E-state index in [1.807, 2.05) is 6.07 Å². The molecule has 0 radical (unpaired) electrons. The van der Waals surface area contributed by atoms with Crippen molar-refractivity contribution in [1.82, 2.24) is 5.32 Å². The molecule has 0 aliphatic heterocycles. The van der Waals surface area contributed by atoms with Gasteiger partial charge in [-0.2, -0.15) is 11.3 Å². The Hall–Kier alpha value is -1.06. The van der Waals surface area contributed by atoms with E-state index >= 15 is 0 Å². The molecule has 2 aromatic heterocycles. The molecule has 0 aliphatic rings. The van der Waals surface area contributed by atoms with E-state index in [9.17, 15) is 0 Å². The summed E-state index contributed by atoms with van der Waals surface area (Å²) in [5, 5.41) is 7.70. The number of hydrogen-bond acceptors (Lipinski definition) is 3. The Morgan fingerprint density at radius 1 is 1.47 bits per heavy atom. The van der Waals surface area contributed by atoms with Gasteiger partial charge in [0.25, 0.3) is 0 Å². The summed E-state index contributed by atoms with van der Waals surface area (Å²) in [6.07, 6.45) is 1.74. The Bertz CT molecular complexity index is 405. The third kappa shape index (κ3) is 2.49. The first-order valence-corrected chi connectivity index (χ1v) is 6.00. The molecular weight excluding hydrogens is 206 g/mol. The molecule has 1 atom stereocenters. The van der Waals surface area contributed by atoms with E-state index in [2.05, 4.69) is 36.0 Å². The predicted molar refractivity (Wildman–Crippen MR) is 63.0 cm³/mol. The second-order valence-corrected chi connectivity index (χ2v) is 4.48. The molecule has 80 valence electrons. The summed E-state index contributed by atoms with van der Waals surface area (Å²) in [6.45, 7) is 5.09. The molecule has 1 unspecified atom stereocenters. The van der Waals surface area contributed by atoms with Crippen LogP contribution in [0.1, 0.15) is 29.9 Å². The van der Waals surface area contributed by atoms with Gasteiger partial charge in [-0.3, -0.25) is 0 Å². The van der Waals surface area contributed by atoms with E-state index in [4.69, 9.17) is 4.42 Å². The highest BCUT2D eigenvalue weighted by atomic mass is 32.1. The van der Waals surface area contributed by atoms with Crippen molar-refractivity contribution in [3.8, 4) is 0 Å². The summed E-state index contributed by atoms with van der Waals surface area (Å²) in [7, 11) is 0. The minimum atomic E-state index is 0.264. The normalized spacial score (nSPS) is 12.9. The average Bonchev–Trinajstić information content (AvgIpc) is 2.84. The highest BCUT2D eigenvalue weighted by Crippen LogP contribution is 2.18.